The Hall–Kier alpha value is -2.34. The maximum Gasteiger partial charge on any atom is 0.323 e. The zero-order chi connectivity index (χ0) is 14.5. The summed E-state index contributed by atoms with van der Waals surface area (Å²) in [6.45, 7) is -0.465. The van der Waals surface area contributed by atoms with Gasteiger partial charge in [-0.25, -0.2) is 0 Å². The van der Waals surface area contributed by atoms with Crippen LogP contribution in [-0.2, 0) is 16.1 Å². The van der Waals surface area contributed by atoms with Crippen molar-refractivity contribution in [1.29, 1.82) is 0 Å². The molecule has 0 radical (unpaired) electrons. The first-order valence-electron chi connectivity index (χ1n) is 5.81. The molecule has 0 fully saturated rings. The summed E-state index contributed by atoms with van der Waals surface area (Å²) in [6.07, 6.45) is 3.18. The smallest absolute Gasteiger partial charge is 0.323 e. The number of carboxylic acids is 1. The third kappa shape index (κ3) is 3.58. The Labute approximate surface area is 120 Å². The molecule has 0 saturated heterocycles. The summed E-state index contributed by atoms with van der Waals surface area (Å²) in [7, 11) is 0. The zero-order valence-electron chi connectivity index (χ0n) is 10.4. The average molecular weight is 294 g/mol. The predicted molar refractivity (Wildman–Crippen MR) is 73.7 cm³/mol. The number of anilines is 1. The molecular weight excluding hydrogens is 282 g/mol. The lowest BCUT2D eigenvalue weighted by atomic mass is 10.2. The fourth-order valence-corrected chi connectivity index (χ4v) is 1.91. The van der Waals surface area contributed by atoms with Crippen LogP contribution in [0.1, 0.15) is 0 Å². The van der Waals surface area contributed by atoms with Crippen LogP contribution in [0, 0.1) is 0 Å². The Morgan fingerprint density at radius 1 is 1.35 bits per heavy atom. The number of rotatable bonds is 5. The van der Waals surface area contributed by atoms with Crippen LogP contribution in [0.25, 0.3) is 0 Å². The first kappa shape index (κ1) is 14.1. The summed E-state index contributed by atoms with van der Waals surface area (Å²) in [5.41, 5.74) is 0.442. The second-order valence-corrected chi connectivity index (χ2v) is 4.49. The van der Waals surface area contributed by atoms with Gasteiger partial charge in [-0.05, 0) is 24.3 Å². The lowest BCUT2D eigenvalue weighted by Gasteiger charge is -2.21. The molecular formula is C13H12ClN3O3. The number of hydrogen-bond donors (Lipinski definition) is 1. The third-order valence-corrected chi connectivity index (χ3v) is 2.81. The summed E-state index contributed by atoms with van der Waals surface area (Å²) in [4.78, 5) is 24.3. The summed E-state index contributed by atoms with van der Waals surface area (Å²) in [5, 5.41) is 13.3. The van der Waals surface area contributed by atoms with Crippen molar-refractivity contribution in [3.63, 3.8) is 0 Å². The SMILES string of the molecule is O=C(O)CN(C(=O)Cn1cccn1)c1cccc(Cl)c1. The molecule has 0 bridgehead atoms. The number of amides is 1. The van der Waals surface area contributed by atoms with Gasteiger partial charge in [0.25, 0.3) is 0 Å². The number of aromatic nitrogens is 2. The van der Waals surface area contributed by atoms with Gasteiger partial charge in [0.05, 0.1) is 0 Å². The first-order valence-corrected chi connectivity index (χ1v) is 6.19. The Bertz CT molecular complexity index is 613. The van der Waals surface area contributed by atoms with E-state index in [-0.39, 0.29) is 12.5 Å². The molecule has 0 unspecified atom stereocenters. The lowest BCUT2D eigenvalue weighted by Crippen LogP contribution is -2.38. The van der Waals surface area contributed by atoms with Crippen LogP contribution in [0.2, 0.25) is 5.02 Å². The quantitative estimate of drug-likeness (QED) is 0.909. The standard InChI is InChI=1S/C13H12ClN3O3/c14-10-3-1-4-11(7-10)17(9-13(19)20)12(18)8-16-6-2-5-15-16/h1-7H,8-9H2,(H,19,20). The molecule has 7 heteroatoms. The van der Waals surface area contributed by atoms with Crippen LogP contribution >= 0.6 is 11.6 Å². The Kier molecular flexibility index (Phi) is 4.37. The van der Waals surface area contributed by atoms with Crippen LogP contribution in [0.4, 0.5) is 5.69 Å². The minimum atomic E-state index is -1.10. The normalized spacial score (nSPS) is 10.2. The van der Waals surface area contributed by atoms with Gasteiger partial charge in [-0.2, -0.15) is 5.10 Å². The van der Waals surface area contributed by atoms with E-state index in [4.69, 9.17) is 16.7 Å². The summed E-state index contributed by atoms with van der Waals surface area (Å²) < 4.78 is 1.43. The van der Waals surface area contributed by atoms with Crippen molar-refractivity contribution in [2.45, 2.75) is 6.54 Å². The second kappa shape index (κ2) is 6.21. The number of carboxylic acid groups (broad SMARTS) is 1. The topological polar surface area (TPSA) is 75.4 Å². The first-order chi connectivity index (χ1) is 9.56. The molecule has 1 heterocycles. The van der Waals surface area contributed by atoms with E-state index in [1.807, 2.05) is 0 Å². The highest BCUT2D eigenvalue weighted by Crippen LogP contribution is 2.19. The molecule has 2 rings (SSSR count). The van der Waals surface area contributed by atoms with Crippen molar-refractivity contribution in [1.82, 2.24) is 9.78 Å². The van der Waals surface area contributed by atoms with Crippen molar-refractivity contribution in [2.75, 3.05) is 11.4 Å². The predicted octanol–water partition coefficient (Wildman–Crippen LogP) is 1.65. The van der Waals surface area contributed by atoms with E-state index >= 15 is 0 Å². The Balaban J connectivity index is 2.22. The largest absolute Gasteiger partial charge is 0.480 e. The van der Waals surface area contributed by atoms with Crippen molar-refractivity contribution >= 4 is 29.2 Å². The maximum absolute atomic E-state index is 12.2. The molecule has 1 N–H and O–H groups in total. The van der Waals surface area contributed by atoms with E-state index in [1.54, 1.807) is 42.7 Å². The minimum absolute atomic E-state index is 0.0349. The molecule has 0 spiro atoms. The van der Waals surface area contributed by atoms with Crippen LogP contribution in [0.15, 0.2) is 42.7 Å². The van der Waals surface area contributed by atoms with Gasteiger partial charge in [0, 0.05) is 23.1 Å². The molecule has 0 saturated carbocycles. The van der Waals surface area contributed by atoms with Gasteiger partial charge in [0.2, 0.25) is 5.91 Å². The molecule has 1 aromatic carbocycles. The van der Waals surface area contributed by atoms with E-state index in [9.17, 15) is 9.59 Å². The molecule has 1 amide bonds. The zero-order valence-corrected chi connectivity index (χ0v) is 11.2. The molecule has 1 aromatic heterocycles. The molecule has 0 aliphatic rings. The van der Waals surface area contributed by atoms with Crippen LogP contribution in [0.5, 0.6) is 0 Å². The summed E-state index contributed by atoms with van der Waals surface area (Å²) in [6, 6.07) is 8.19. The molecule has 0 aliphatic carbocycles. The number of hydrogen-bond acceptors (Lipinski definition) is 3. The van der Waals surface area contributed by atoms with Crippen LogP contribution in [-0.4, -0.2) is 33.3 Å². The van der Waals surface area contributed by atoms with Crippen molar-refractivity contribution in [2.24, 2.45) is 0 Å². The van der Waals surface area contributed by atoms with Crippen LogP contribution in [0.3, 0.4) is 0 Å². The number of carbonyl (C=O) groups excluding carboxylic acids is 1. The Morgan fingerprint density at radius 2 is 2.15 bits per heavy atom. The van der Waals surface area contributed by atoms with E-state index < -0.39 is 12.5 Å². The van der Waals surface area contributed by atoms with Gasteiger partial charge in [0.1, 0.15) is 13.1 Å². The van der Waals surface area contributed by atoms with E-state index in [0.717, 1.165) is 4.90 Å². The lowest BCUT2D eigenvalue weighted by molar-refractivity contribution is -0.136. The molecule has 104 valence electrons. The number of carbonyl (C=O) groups is 2. The molecule has 6 nitrogen and oxygen atoms in total. The highest BCUT2D eigenvalue weighted by atomic mass is 35.5. The summed E-state index contributed by atoms with van der Waals surface area (Å²) in [5.74, 6) is -1.47. The van der Waals surface area contributed by atoms with E-state index in [1.165, 1.54) is 4.68 Å². The van der Waals surface area contributed by atoms with E-state index in [2.05, 4.69) is 5.10 Å². The van der Waals surface area contributed by atoms with Gasteiger partial charge >= 0.3 is 5.97 Å². The number of benzene rings is 1. The molecule has 2 aromatic rings. The molecule has 0 aliphatic heterocycles. The molecule has 20 heavy (non-hydrogen) atoms. The molecule has 0 atom stereocenters. The van der Waals surface area contributed by atoms with E-state index in [0.29, 0.717) is 10.7 Å². The minimum Gasteiger partial charge on any atom is -0.480 e. The fraction of sp³-hybridized carbons (Fsp3) is 0.154. The number of halogens is 1. The Morgan fingerprint density at radius 3 is 2.75 bits per heavy atom. The van der Waals surface area contributed by atoms with Gasteiger partial charge in [0.15, 0.2) is 0 Å². The van der Waals surface area contributed by atoms with Crippen molar-refractivity contribution < 1.29 is 14.7 Å². The second-order valence-electron chi connectivity index (χ2n) is 4.06. The number of nitrogens with zero attached hydrogens (tertiary/aromatic N) is 3. The summed E-state index contributed by atoms with van der Waals surface area (Å²) >= 11 is 5.87. The van der Waals surface area contributed by atoms with Gasteiger partial charge < -0.3 is 5.11 Å². The highest BCUT2D eigenvalue weighted by Gasteiger charge is 2.19. The monoisotopic (exact) mass is 293 g/mol. The van der Waals surface area contributed by atoms with Gasteiger partial charge in [-0.3, -0.25) is 19.2 Å². The van der Waals surface area contributed by atoms with Crippen molar-refractivity contribution in [3.8, 4) is 0 Å². The highest BCUT2D eigenvalue weighted by molar-refractivity contribution is 6.30. The van der Waals surface area contributed by atoms with Crippen molar-refractivity contribution in [3.05, 3.63) is 47.7 Å². The van der Waals surface area contributed by atoms with Gasteiger partial charge in [-0.1, -0.05) is 17.7 Å². The van der Waals surface area contributed by atoms with Crippen LogP contribution < -0.4 is 4.90 Å². The number of aliphatic carboxylic acids is 1. The maximum atomic E-state index is 12.2. The average Bonchev–Trinajstić information content (AvgIpc) is 2.88. The third-order valence-electron chi connectivity index (χ3n) is 2.57. The fourth-order valence-electron chi connectivity index (χ4n) is 1.72. The van der Waals surface area contributed by atoms with Gasteiger partial charge in [-0.15, -0.1) is 0 Å².